The maximum absolute atomic E-state index is 8.71. The second kappa shape index (κ2) is 18.8. The molecule has 0 aliphatic heterocycles. The van der Waals surface area contributed by atoms with Crippen molar-refractivity contribution in [3.63, 3.8) is 0 Å². The van der Waals surface area contributed by atoms with Crippen molar-refractivity contribution in [2.75, 3.05) is 39.6 Å². The molecule has 0 unspecified atom stereocenters. The monoisotopic (exact) mass is 323 g/mol. The van der Waals surface area contributed by atoms with Gasteiger partial charge in [0.2, 0.25) is 0 Å². The van der Waals surface area contributed by atoms with Gasteiger partial charge in [-0.2, -0.15) is 0 Å². The van der Waals surface area contributed by atoms with Crippen LogP contribution in [0.1, 0.15) is 57.8 Å². The maximum Gasteiger partial charge on any atom is 0.0766 e. The number of hydrogen-bond donors (Lipinski definition) is 3. The zero-order valence-electron chi connectivity index (χ0n) is 13.6. The first-order valence-corrected chi connectivity index (χ1v) is 8.36. The Bertz CT molecular complexity index is 175. The van der Waals surface area contributed by atoms with E-state index in [0.29, 0.717) is 19.8 Å². The largest absolute Gasteiger partial charge is 0.396 e. The van der Waals surface area contributed by atoms with Gasteiger partial charge in [-0.05, 0) is 57.8 Å². The van der Waals surface area contributed by atoms with E-state index in [1.165, 1.54) is 0 Å². The molecule has 22 heavy (non-hydrogen) atoms. The lowest BCUT2D eigenvalue weighted by atomic mass is 10.2. The Morgan fingerprint density at radius 2 is 0.773 bits per heavy atom. The van der Waals surface area contributed by atoms with Crippen molar-refractivity contribution < 1.29 is 29.8 Å². The molecule has 0 aromatic rings. The molecule has 0 heterocycles. The van der Waals surface area contributed by atoms with Gasteiger partial charge in [0.15, 0.2) is 0 Å². The van der Waals surface area contributed by atoms with Gasteiger partial charge < -0.3 is 15.3 Å². The predicted molar refractivity (Wildman–Crippen MR) is 82.5 cm³/mol. The Hall–Kier alpha value is -0.280. The van der Waals surface area contributed by atoms with Gasteiger partial charge in [-0.25, -0.2) is 0 Å². The summed E-state index contributed by atoms with van der Waals surface area (Å²) in [6.07, 6.45) is 7.51. The smallest absolute Gasteiger partial charge is 0.0766 e. The molecule has 0 saturated heterocycles. The lowest BCUT2D eigenvalue weighted by Crippen LogP contribution is -2.26. The van der Waals surface area contributed by atoms with Crippen LogP contribution < -0.4 is 0 Å². The average molecular weight is 323 g/mol. The Labute approximate surface area is 133 Å². The van der Waals surface area contributed by atoms with Gasteiger partial charge in [-0.3, -0.25) is 14.5 Å². The standard InChI is InChI=1S/C15H33NO6/c17-10-4-1-7-13-20-16(21-14-8-2-5-11-18)22-15-9-3-6-12-19/h17-19H,1-15H2. The number of aliphatic hydroxyl groups is 3. The molecule has 7 nitrogen and oxygen atoms in total. The van der Waals surface area contributed by atoms with Gasteiger partial charge in [-0.15, -0.1) is 0 Å². The summed E-state index contributed by atoms with van der Waals surface area (Å²) in [7, 11) is 0. The highest BCUT2D eigenvalue weighted by molar-refractivity contribution is 4.39. The number of aliphatic hydroxyl groups excluding tert-OH is 3. The van der Waals surface area contributed by atoms with E-state index >= 15 is 0 Å². The minimum absolute atomic E-state index is 0.201. The molecule has 0 amide bonds. The Kier molecular flexibility index (Phi) is 18.5. The first kappa shape index (κ1) is 21.7. The van der Waals surface area contributed by atoms with Gasteiger partial charge in [0.1, 0.15) is 0 Å². The summed E-state index contributed by atoms with van der Waals surface area (Å²) in [6.45, 7) is 2.04. The van der Waals surface area contributed by atoms with Crippen molar-refractivity contribution in [3.05, 3.63) is 0 Å². The summed E-state index contributed by atoms with van der Waals surface area (Å²) < 4.78 is 0. The number of nitrogens with zero attached hydrogens (tertiary/aromatic N) is 1. The van der Waals surface area contributed by atoms with Crippen LogP contribution in [0.2, 0.25) is 0 Å². The number of hydrogen-bond acceptors (Lipinski definition) is 7. The Morgan fingerprint density at radius 1 is 0.455 bits per heavy atom. The maximum atomic E-state index is 8.71. The molecule has 0 aromatic heterocycles. The molecule has 0 atom stereocenters. The van der Waals surface area contributed by atoms with Crippen molar-refractivity contribution in [1.82, 2.24) is 5.39 Å². The van der Waals surface area contributed by atoms with E-state index in [0.717, 1.165) is 63.2 Å². The molecule has 0 radical (unpaired) electrons. The predicted octanol–water partition coefficient (Wildman–Crippen LogP) is 1.57. The van der Waals surface area contributed by atoms with Gasteiger partial charge in [0, 0.05) is 19.8 Å². The topological polar surface area (TPSA) is 91.6 Å². The quantitative estimate of drug-likeness (QED) is 0.260. The minimum Gasteiger partial charge on any atom is -0.396 e. The average Bonchev–Trinajstić information content (AvgIpc) is 2.53. The van der Waals surface area contributed by atoms with Crippen LogP contribution in [0.25, 0.3) is 0 Å². The van der Waals surface area contributed by atoms with E-state index in [1.807, 2.05) is 0 Å². The van der Waals surface area contributed by atoms with Crippen molar-refractivity contribution in [2.45, 2.75) is 57.8 Å². The molecule has 0 spiro atoms. The van der Waals surface area contributed by atoms with E-state index in [2.05, 4.69) is 0 Å². The van der Waals surface area contributed by atoms with Gasteiger partial charge >= 0.3 is 0 Å². The third-order valence-electron chi connectivity index (χ3n) is 3.00. The molecule has 0 bridgehead atoms. The van der Waals surface area contributed by atoms with Crippen LogP contribution in [0.5, 0.6) is 0 Å². The number of unbranched alkanes of at least 4 members (excludes halogenated alkanes) is 6. The fourth-order valence-electron chi connectivity index (χ4n) is 1.70. The fourth-order valence-corrected chi connectivity index (χ4v) is 1.70. The normalized spacial score (nSPS) is 11.5. The van der Waals surface area contributed by atoms with E-state index in [-0.39, 0.29) is 19.8 Å². The molecule has 0 fully saturated rings. The van der Waals surface area contributed by atoms with Crippen molar-refractivity contribution in [1.29, 1.82) is 0 Å². The third kappa shape index (κ3) is 16.1. The summed E-state index contributed by atoms with van der Waals surface area (Å²) in [4.78, 5) is 16.2. The van der Waals surface area contributed by atoms with Crippen LogP contribution in [-0.4, -0.2) is 60.4 Å². The van der Waals surface area contributed by atoms with Gasteiger partial charge in [0.05, 0.1) is 25.2 Å². The first-order chi connectivity index (χ1) is 10.8. The van der Waals surface area contributed by atoms with Crippen LogP contribution >= 0.6 is 0 Å². The third-order valence-corrected chi connectivity index (χ3v) is 3.00. The van der Waals surface area contributed by atoms with Gasteiger partial charge in [0.25, 0.3) is 0 Å². The zero-order valence-corrected chi connectivity index (χ0v) is 13.6. The summed E-state index contributed by atoms with van der Waals surface area (Å²) in [6, 6.07) is 0. The van der Waals surface area contributed by atoms with E-state index in [1.54, 1.807) is 0 Å². The molecule has 134 valence electrons. The molecule has 0 aliphatic carbocycles. The summed E-state index contributed by atoms with van der Waals surface area (Å²) in [5.74, 6) is 0. The minimum atomic E-state index is 0.201. The Morgan fingerprint density at radius 3 is 1.05 bits per heavy atom. The second-order valence-corrected chi connectivity index (χ2v) is 5.08. The van der Waals surface area contributed by atoms with E-state index in [4.69, 9.17) is 29.8 Å². The molecular formula is C15H33NO6. The van der Waals surface area contributed by atoms with Crippen molar-refractivity contribution in [3.8, 4) is 0 Å². The summed E-state index contributed by atoms with van der Waals surface area (Å²) in [5, 5.41) is 27.2. The highest BCUT2D eigenvalue weighted by Crippen LogP contribution is 2.04. The first-order valence-electron chi connectivity index (χ1n) is 8.36. The zero-order chi connectivity index (χ0) is 16.3. The van der Waals surface area contributed by atoms with Crippen molar-refractivity contribution >= 4 is 0 Å². The van der Waals surface area contributed by atoms with Crippen LogP contribution in [0.15, 0.2) is 0 Å². The molecule has 0 rings (SSSR count). The summed E-state index contributed by atoms with van der Waals surface area (Å²) in [5.41, 5.74) is 0. The van der Waals surface area contributed by atoms with Crippen LogP contribution in [0, 0.1) is 0 Å². The second-order valence-electron chi connectivity index (χ2n) is 5.08. The van der Waals surface area contributed by atoms with Crippen LogP contribution in [0.4, 0.5) is 0 Å². The lowest BCUT2D eigenvalue weighted by molar-refractivity contribution is -0.526. The highest BCUT2D eigenvalue weighted by Gasteiger charge is 2.07. The molecular weight excluding hydrogens is 290 g/mol. The molecule has 0 aromatic carbocycles. The van der Waals surface area contributed by atoms with Crippen LogP contribution in [0.3, 0.4) is 0 Å². The Balaban J connectivity index is 3.72. The van der Waals surface area contributed by atoms with E-state index in [9.17, 15) is 0 Å². The highest BCUT2D eigenvalue weighted by atomic mass is 17.2. The molecule has 3 N–H and O–H groups in total. The van der Waals surface area contributed by atoms with Crippen LogP contribution in [-0.2, 0) is 14.5 Å². The molecule has 0 aliphatic rings. The molecule has 0 saturated carbocycles. The molecule has 7 heteroatoms. The lowest BCUT2D eigenvalue weighted by Gasteiger charge is -2.19. The fraction of sp³-hybridized carbons (Fsp3) is 1.00. The van der Waals surface area contributed by atoms with E-state index < -0.39 is 0 Å². The van der Waals surface area contributed by atoms with Gasteiger partial charge in [-0.1, -0.05) is 0 Å². The van der Waals surface area contributed by atoms with Crippen molar-refractivity contribution in [2.24, 2.45) is 0 Å². The number of rotatable bonds is 18. The summed E-state index contributed by atoms with van der Waals surface area (Å²) >= 11 is 0. The SMILES string of the molecule is OCCCCCON(OCCCCCO)OCCCCCO.